The van der Waals surface area contributed by atoms with Crippen LogP contribution in [-0.2, 0) is 0 Å². The molecule has 0 heteroatoms. The highest BCUT2D eigenvalue weighted by molar-refractivity contribution is 5.43. The van der Waals surface area contributed by atoms with Gasteiger partial charge in [0.1, 0.15) is 0 Å². The molecule has 0 radical (unpaired) electrons. The van der Waals surface area contributed by atoms with Gasteiger partial charge in [-0.15, -0.1) is 0 Å². The van der Waals surface area contributed by atoms with Gasteiger partial charge in [0.2, 0.25) is 0 Å². The zero-order valence-electron chi connectivity index (χ0n) is 7.40. The lowest BCUT2D eigenvalue weighted by molar-refractivity contribution is 0.866. The molecule has 12 heavy (non-hydrogen) atoms. The first-order chi connectivity index (χ1) is 5.77. The molecular formula is C12H14. The Morgan fingerprint density at radius 2 is 1.25 bits per heavy atom. The lowest BCUT2D eigenvalue weighted by Gasteiger charge is -2.25. The van der Waals surface area contributed by atoms with Gasteiger partial charge in [-0.1, -0.05) is 36.5 Å². The van der Waals surface area contributed by atoms with Gasteiger partial charge in [0, 0.05) is 0 Å². The summed E-state index contributed by atoms with van der Waals surface area (Å²) in [6.07, 6.45) is 8.95. The molecule has 0 amide bonds. The molecule has 0 heterocycles. The zero-order chi connectivity index (χ0) is 8.55. The van der Waals surface area contributed by atoms with E-state index >= 15 is 0 Å². The van der Waals surface area contributed by atoms with E-state index < -0.39 is 0 Å². The Morgan fingerprint density at radius 1 is 0.833 bits per heavy atom. The second kappa shape index (κ2) is 2.78. The van der Waals surface area contributed by atoms with Crippen molar-refractivity contribution in [3.05, 3.63) is 47.6 Å². The van der Waals surface area contributed by atoms with Crippen LogP contribution in [0.1, 0.15) is 25.7 Å². The maximum Gasteiger partial charge on any atom is -0.00643 e. The highest BCUT2D eigenvalue weighted by Gasteiger charge is 2.17. The van der Waals surface area contributed by atoms with Crippen molar-refractivity contribution < 1.29 is 0 Å². The van der Waals surface area contributed by atoms with E-state index in [0.717, 1.165) is 25.7 Å². The first-order valence-electron chi connectivity index (χ1n) is 4.48. The smallest absolute Gasteiger partial charge is 0.00643 e. The van der Waals surface area contributed by atoms with Gasteiger partial charge >= 0.3 is 0 Å². The van der Waals surface area contributed by atoms with E-state index in [4.69, 9.17) is 0 Å². The molecule has 0 spiro atoms. The third kappa shape index (κ3) is 1.18. The van der Waals surface area contributed by atoms with Crippen molar-refractivity contribution in [2.24, 2.45) is 0 Å². The van der Waals surface area contributed by atoms with E-state index in [-0.39, 0.29) is 0 Å². The molecule has 0 aliphatic heterocycles. The molecule has 2 aliphatic carbocycles. The van der Waals surface area contributed by atoms with E-state index in [0.29, 0.717) is 0 Å². The Kier molecular flexibility index (Phi) is 1.76. The summed E-state index contributed by atoms with van der Waals surface area (Å²) < 4.78 is 0. The summed E-state index contributed by atoms with van der Waals surface area (Å²) in [6.45, 7) is 8.06. The molecule has 0 unspecified atom stereocenters. The molecule has 0 fully saturated rings. The predicted octanol–water partition coefficient (Wildman–Crippen LogP) is 3.54. The standard InChI is InChI=1S/C12H14/c1-9-7-11-5-3-4-6-12(11)8-10(9)2/h3-4H,1-2,5-8H2. The molecule has 0 aromatic heterocycles. The van der Waals surface area contributed by atoms with Gasteiger partial charge in [-0.3, -0.25) is 0 Å². The summed E-state index contributed by atoms with van der Waals surface area (Å²) in [4.78, 5) is 0. The molecule has 0 saturated carbocycles. The van der Waals surface area contributed by atoms with Crippen molar-refractivity contribution in [3.63, 3.8) is 0 Å². The Balaban J connectivity index is 2.28. The fraction of sp³-hybridized carbons (Fsp3) is 0.333. The summed E-state index contributed by atoms with van der Waals surface area (Å²) in [5.74, 6) is 0. The summed E-state index contributed by atoms with van der Waals surface area (Å²) >= 11 is 0. The molecular weight excluding hydrogens is 144 g/mol. The van der Waals surface area contributed by atoms with Crippen LogP contribution in [-0.4, -0.2) is 0 Å². The molecule has 0 bridgehead atoms. The van der Waals surface area contributed by atoms with E-state index in [2.05, 4.69) is 25.3 Å². The summed E-state index contributed by atoms with van der Waals surface area (Å²) in [6, 6.07) is 0. The van der Waals surface area contributed by atoms with Gasteiger partial charge in [-0.25, -0.2) is 0 Å². The maximum absolute atomic E-state index is 4.03. The van der Waals surface area contributed by atoms with E-state index in [1.807, 2.05) is 0 Å². The average molecular weight is 158 g/mol. The minimum absolute atomic E-state index is 1.07. The Morgan fingerprint density at radius 3 is 1.67 bits per heavy atom. The van der Waals surface area contributed by atoms with Crippen molar-refractivity contribution in [3.8, 4) is 0 Å². The van der Waals surface area contributed by atoms with Crippen LogP contribution in [0, 0.1) is 0 Å². The van der Waals surface area contributed by atoms with Gasteiger partial charge in [0.15, 0.2) is 0 Å². The molecule has 0 aromatic carbocycles. The van der Waals surface area contributed by atoms with Crippen LogP contribution in [0.25, 0.3) is 0 Å². The van der Waals surface area contributed by atoms with Gasteiger partial charge in [-0.2, -0.15) is 0 Å². The number of allylic oxidation sites excluding steroid dienone is 6. The predicted molar refractivity (Wildman–Crippen MR) is 52.9 cm³/mol. The second-order valence-electron chi connectivity index (χ2n) is 3.65. The summed E-state index contributed by atoms with van der Waals surface area (Å²) in [5.41, 5.74) is 5.66. The minimum atomic E-state index is 1.07. The van der Waals surface area contributed by atoms with E-state index in [1.165, 1.54) is 11.1 Å². The molecule has 2 aliphatic rings. The second-order valence-corrected chi connectivity index (χ2v) is 3.65. The topological polar surface area (TPSA) is 0 Å². The fourth-order valence-corrected chi connectivity index (χ4v) is 1.90. The third-order valence-corrected chi connectivity index (χ3v) is 2.75. The van der Waals surface area contributed by atoms with Crippen LogP contribution in [0.15, 0.2) is 47.6 Å². The fourth-order valence-electron chi connectivity index (χ4n) is 1.90. The van der Waals surface area contributed by atoms with Crippen molar-refractivity contribution in [2.75, 3.05) is 0 Å². The Bertz CT molecular complexity index is 270. The van der Waals surface area contributed by atoms with E-state index in [9.17, 15) is 0 Å². The van der Waals surface area contributed by atoms with Gasteiger partial charge in [0.05, 0.1) is 0 Å². The first-order valence-corrected chi connectivity index (χ1v) is 4.48. The Labute approximate surface area is 74.0 Å². The normalized spacial score (nSPS) is 23.0. The summed E-state index contributed by atoms with van der Waals surface area (Å²) in [5, 5.41) is 0. The molecule has 62 valence electrons. The van der Waals surface area contributed by atoms with Crippen LogP contribution in [0.3, 0.4) is 0 Å². The van der Waals surface area contributed by atoms with Crippen LogP contribution in [0.4, 0.5) is 0 Å². The van der Waals surface area contributed by atoms with Crippen LogP contribution in [0.2, 0.25) is 0 Å². The zero-order valence-corrected chi connectivity index (χ0v) is 7.40. The summed E-state index contributed by atoms with van der Waals surface area (Å²) in [7, 11) is 0. The molecule has 0 saturated heterocycles. The molecule has 0 atom stereocenters. The van der Waals surface area contributed by atoms with Crippen molar-refractivity contribution in [1.29, 1.82) is 0 Å². The quantitative estimate of drug-likeness (QED) is 0.473. The Hall–Kier alpha value is -1.04. The molecule has 0 aromatic rings. The molecule has 2 rings (SSSR count). The number of hydrogen-bond donors (Lipinski definition) is 0. The lowest BCUT2D eigenvalue weighted by atomic mass is 9.81. The van der Waals surface area contributed by atoms with Crippen LogP contribution >= 0.6 is 0 Å². The van der Waals surface area contributed by atoms with Crippen molar-refractivity contribution in [2.45, 2.75) is 25.7 Å². The van der Waals surface area contributed by atoms with Crippen molar-refractivity contribution in [1.82, 2.24) is 0 Å². The first kappa shape index (κ1) is 7.60. The monoisotopic (exact) mass is 158 g/mol. The minimum Gasteiger partial charge on any atom is -0.0952 e. The van der Waals surface area contributed by atoms with Gasteiger partial charge in [-0.05, 0) is 36.8 Å². The van der Waals surface area contributed by atoms with Crippen LogP contribution in [0.5, 0.6) is 0 Å². The number of hydrogen-bond acceptors (Lipinski definition) is 0. The number of rotatable bonds is 0. The lowest BCUT2D eigenvalue weighted by Crippen LogP contribution is -2.05. The third-order valence-electron chi connectivity index (χ3n) is 2.75. The average Bonchev–Trinajstić information content (AvgIpc) is 2.07. The highest BCUT2D eigenvalue weighted by atomic mass is 14.2. The van der Waals surface area contributed by atoms with Crippen LogP contribution < -0.4 is 0 Å². The van der Waals surface area contributed by atoms with E-state index in [1.54, 1.807) is 11.1 Å². The molecule has 0 nitrogen and oxygen atoms in total. The van der Waals surface area contributed by atoms with Gasteiger partial charge < -0.3 is 0 Å². The van der Waals surface area contributed by atoms with Crippen molar-refractivity contribution >= 4 is 0 Å². The largest absolute Gasteiger partial charge is 0.0952 e. The molecule has 0 N–H and O–H groups in total. The van der Waals surface area contributed by atoms with Gasteiger partial charge in [0.25, 0.3) is 0 Å². The highest BCUT2D eigenvalue weighted by Crippen LogP contribution is 2.36. The SMILES string of the molecule is C=C1CC2=C(CC=CC2)CC1=C. The maximum atomic E-state index is 4.03.